The second-order valence-electron chi connectivity index (χ2n) is 5.89. The predicted molar refractivity (Wildman–Crippen MR) is 87.1 cm³/mol. The van der Waals surface area contributed by atoms with E-state index in [0.29, 0.717) is 6.04 Å². The Balaban J connectivity index is 2.06. The minimum Gasteiger partial charge on any atom is -0.314 e. The molecule has 1 aliphatic rings. The van der Waals surface area contributed by atoms with Crippen LogP contribution in [0.5, 0.6) is 0 Å². The average molecular weight is 274 g/mol. The van der Waals surface area contributed by atoms with Crippen LogP contribution in [-0.4, -0.2) is 31.1 Å². The molecule has 1 aromatic rings. The number of unbranched alkanes of at least 4 members (excludes halogenated alkanes) is 2. The van der Waals surface area contributed by atoms with Crippen LogP contribution in [0.1, 0.15) is 56.7 Å². The topological polar surface area (TPSA) is 15.3 Å². The Morgan fingerprint density at radius 3 is 2.35 bits per heavy atom. The first-order valence-corrected chi connectivity index (χ1v) is 8.38. The monoisotopic (exact) mass is 274 g/mol. The Hall–Kier alpha value is -0.860. The molecule has 0 radical (unpaired) electrons. The van der Waals surface area contributed by atoms with Crippen molar-refractivity contribution in [1.29, 1.82) is 0 Å². The molecular formula is C18H30N2. The molecule has 0 aliphatic carbocycles. The molecule has 0 unspecified atom stereocenters. The van der Waals surface area contributed by atoms with Crippen molar-refractivity contribution in [3.05, 3.63) is 35.4 Å². The van der Waals surface area contributed by atoms with Gasteiger partial charge in [-0.3, -0.25) is 4.90 Å². The summed E-state index contributed by atoms with van der Waals surface area (Å²) in [7, 11) is 0. The number of piperazine rings is 1. The Kier molecular flexibility index (Phi) is 6.55. The van der Waals surface area contributed by atoms with Crippen LogP contribution >= 0.6 is 0 Å². The molecule has 0 spiro atoms. The van der Waals surface area contributed by atoms with E-state index in [9.17, 15) is 0 Å². The van der Waals surface area contributed by atoms with Crippen molar-refractivity contribution in [1.82, 2.24) is 10.2 Å². The first-order chi connectivity index (χ1) is 9.85. The van der Waals surface area contributed by atoms with E-state index in [1.54, 1.807) is 0 Å². The third-order valence-corrected chi connectivity index (χ3v) is 4.45. The van der Waals surface area contributed by atoms with E-state index in [-0.39, 0.29) is 0 Å². The number of benzene rings is 1. The smallest absolute Gasteiger partial charge is 0.0349 e. The van der Waals surface area contributed by atoms with Gasteiger partial charge >= 0.3 is 0 Å². The number of hydrogen-bond donors (Lipinski definition) is 1. The van der Waals surface area contributed by atoms with E-state index in [4.69, 9.17) is 0 Å². The third-order valence-electron chi connectivity index (χ3n) is 4.45. The summed E-state index contributed by atoms with van der Waals surface area (Å²) in [6, 6.07) is 9.96. The molecule has 2 nitrogen and oxygen atoms in total. The summed E-state index contributed by atoms with van der Waals surface area (Å²) in [5.74, 6) is 0. The van der Waals surface area contributed by atoms with E-state index in [2.05, 4.69) is 48.3 Å². The van der Waals surface area contributed by atoms with Crippen molar-refractivity contribution in [3.63, 3.8) is 0 Å². The third kappa shape index (κ3) is 4.32. The molecular weight excluding hydrogens is 244 g/mol. The van der Waals surface area contributed by atoms with Crippen LogP contribution in [0.25, 0.3) is 0 Å². The summed E-state index contributed by atoms with van der Waals surface area (Å²) in [5.41, 5.74) is 2.96. The molecule has 112 valence electrons. The normalized spacial score (nSPS) is 18.1. The van der Waals surface area contributed by atoms with Gasteiger partial charge in [-0.1, -0.05) is 57.4 Å². The van der Waals surface area contributed by atoms with Gasteiger partial charge in [0.25, 0.3) is 0 Å². The number of nitrogens with zero attached hydrogens (tertiary/aromatic N) is 1. The summed E-state index contributed by atoms with van der Waals surface area (Å²) < 4.78 is 0. The molecule has 1 saturated heterocycles. The van der Waals surface area contributed by atoms with Gasteiger partial charge in [0.15, 0.2) is 0 Å². The SMILES string of the molecule is CCCCC[C@H](c1ccc(CC)cc1)N1CCNCC1. The molecule has 2 heteroatoms. The highest BCUT2D eigenvalue weighted by Gasteiger charge is 2.21. The van der Waals surface area contributed by atoms with Crippen LogP contribution in [0.4, 0.5) is 0 Å². The van der Waals surface area contributed by atoms with E-state index in [0.717, 1.165) is 19.5 Å². The van der Waals surface area contributed by atoms with Crippen LogP contribution in [0.3, 0.4) is 0 Å². The zero-order valence-electron chi connectivity index (χ0n) is 13.2. The van der Waals surface area contributed by atoms with Gasteiger partial charge < -0.3 is 5.32 Å². The van der Waals surface area contributed by atoms with E-state index >= 15 is 0 Å². The van der Waals surface area contributed by atoms with Gasteiger partial charge in [0.1, 0.15) is 0 Å². The molecule has 1 fully saturated rings. The molecule has 1 aromatic carbocycles. The molecule has 2 rings (SSSR count). The fourth-order valence-corrected chi connectivity index (χ4v) is 3.12. The maximum absolute atomic E-state index is 3.46. The van der Waals surface area contributed by atoms with E-state index < -0.39 is 0 Å². The molecule has 1 heterocycles. The molecule has 1 aliphatic heterocycles. The van der Waals surface area contributed by atoms with Crippen LogP contribution < -0.4 is 5.32 Å². The Bertz CT molecular complexity index is 366. The Morgan fingerprint density at radius 2 is 1.75 bits per heavy atom. The summed E-state index contributed by atoms with van der Waals surface area (Å²) in [6.45, 7) is 9.16. The van der Waals surface area contributed by atoms with Crippen LogP contribution in [0.2, 0.25) is 0 Å². The number of aryl methyl sites for hydroxylation is 1. The minimum atomic E-state index is 0.620. The summed E-state index contributed by atoms with van der Waals surface area (Å²) in [6.07, 6.45) is 6.45. The van der Waals surface area contributed by atoms with Crippen molar-refractivity contribution < 1.29 is 0 Å². The van der Waals surface area contributed by atoms with Crippen molar-refractivity contribution in [2.45, 2.75) is 52.0 Å². The second kappa shape index (κ2) is 8.43. The van der Waals surface area contributed by atoms with Crippen LogP contribution in [0.15, 0.2) is 24.3 Å². The quantitative estimate of drug-likeness (QED) is 0.761. The van der Waals surface area contributed by atoms with Gasteiger partial charge in [0, 0.05) is 32.2 Å². The fraction of sp³-hybridized carbons (Fsp3) is 0.667. The van der Waals surface area contributed by atoms with Gasteiger partial charge in [0.05, 0.1) is 0 Å². The van der Waals surface area contributed by atoms with Crippen molar-refractivity contribution >= 4 is 0 Å². The number of hydrogen-bond acceptors (Lipinski definition) is 2. The van der Waals surface area contributed by atoms with E-state index in [1.165, 1.54) is 49.9 Å². The lowest BCUT2D eigenvalue weighted by atomic mass is 9.97. The largest absolute Gasteiger partial charge is 0.314 e. The van der Waals surface area contributed by atoms with Crippen molar-refractivity contribution in [2.24, 2.45) is 0 Å². The highest BCUT2D eigenvalue weighted by molar-refractivity contribution is 5.25. The lowest BCUT2D eigenvalue weighted by Crippen LogP contribution is -2.45. The minimum absolute atomic E-state index is 0.620. The first kappa shape index (κ1) is 15.5. The highest BCUT2D eigenvalue weighted by atomic mass is 15.2. The lowest BCUT2D eigenvalue weighted by molar-refractivity contribution is 0.162. The zero-order chi connectivity index (χ0) is 14.2. The van der Waals surface area contributed by atoms with Gasteiger partial charge in [-0.15, -0.1) is 0 Å². The van der Waals surface area contributed by atoms with Crippen LogP contribution in [0, 0.1) is 0 Å². The second-order valence-corrected chi connectivity index (χ2v) is 5.89. The fourth-order valence-electron chi connectivity index (χ4n) is 3.12. The molecule has 1 atom stereocenters. The highest BCUT2D eigenvalue weighted by Crippen LogP contribution is 2.27. The lowest BCUT2D eigenvalue weighted by Gasteiger charge is -2.35. The number of rotatable bonds is 7. The zero-order valence-corrected chi connectivity index (χ0v) is 13.2. The van der Waals surface area contributed by atoms with E-state index in [1.807, 2.05) is 0 Å². The first-order valence-electron chi connectivity index (χ1n) is 8.38. The van der Waals surface area contributed by atoms with Gasteiger partial charge in [-0.25, -0.2) is 0 Å². The molecule has 0 aromatic heterocycles. The molecule has 20 heavy (non-hydrogen) atoms. The molecule has 1 N–H and O–H groups in total. The average Bonchev–Trinajstić information content (AvgIpc) is 2.53. The maximum Gasteiger partial charge on any atom is 0.0349 e. The summed E-state index contributed by atoms with van der Waals surface area (Å²) in [4.78, 5) is 2.67. The van der Waals surface area contributed by atoms with Crippen molar-refractivity contribution in [3.8, 4) is 0 Å². The van der Waals surface area contributed by atoms with Crippen molar-refractivity contribution in [2.75, 3.05) is 26.2 Å². The number of nitrogens with one attached hydrogen (secondary N) is 1. The summed E-state index contributed by atoms with van der Waals surface area (Å²) >= 11 is 0. The van der Waals surface area contributed by atoms with Gasteiger partial charge in [-0.05, 0) is 24.0 Å². The van der Waals surface area contributed by atoms with Gasteiger partial charge in [-0.2, -0.15) is 0 Å². The summed E-state index contributed by atoms with van der Waals surface area (Å²) in [5, 5.41) is 3.46. The molecule has 0 amide bonds. The predicted octanol–water partition coefficient (Wildman–Crippen LogP) is 3.78. The Labute approximate surface area is 124 Å². The molecule has 0 bridgehead atoms. The standard InChI is InChI=1S/C18H30N2/c1-3-5-6-7-18(20-14-12-19-13-15-20)17-10-8-16(4-2)9-11-17/h8-11,18-19H,3-7,12-15H2,1-2H3/t18-/m1/s1. The maximum atomic E-state index is 3.46. The molecule has 0 saturated carbocycles. The van der Waals surface area contributed by atoms with Gasteiger partial charge in [0.2, 0.25) is 0 Å². The van der Waals surface area contributed by atoms with Crippen LogP contribution in [-0.2, 0) is 6.42 Å². The Morgan fingerprint density at radius 1 is 1.05 bits per heavy atom.